The van der Waals surface area contributed by atoms with Gasteiger partial charge >= 0.3 is 0 Å². The minimum atomic E-state index is -1.75. The molecule has 2 aromatic rings. The standard InChI is InChI=1S/C28H34O14/c1-11-21(31)23(33)25(35)27(39-11)38-10-19-22(32)24(34)26(36)28(42-19)40-14-7-15(29)20-16(30)9-17(41-18(20)8-14)12-3-5-13(37-2)6-4-12/h3-8,11,17,19,21-29,31-36H,9-10H2,1-2H3/t11-,17-,19-,21-,22-,23-,24-,25+,26-,27+,28-/m0/s1. The van der Waals surface area contributed by atoms with E-state index in [0.29, 0.717) is 11.3 Å². The second-order valence-corrected chi connectivity index (χ2v) is 10.5. The van der Waals surface area contributed by atoms with Crippen molar-refractivity contribution in [3.05, 3.63) is 47.5 Å². The van der Waals surface area contributed by atoms with Crippen molar-refractivity contribution in [3.8, 4) is 23.0 Å². The van der Waals surface area contributed by atoms with Crippen molar-refractivity contribution in [1.82, 2.24) is 0 Å². The third-order valence-electron chi connectivity index (χ3n) is 7.62. The van der Waals surface area contributed by atoms with Crippen LogP contribution in [0.4, 0.5) is 0 Å². The molecule has 7 N–H and O–H groups in total. The Hall–Kier alpha value is -3.05. The summed E-state index contributed by atoms with van der Waals surface area (Å²) >= 11 is 0. The highest BCUT2D eigenvalue weighted by Gasteiger charge is 2.47. The van der Waals surface area contributed by atoms with Crippen LogP contribution in [-0.2, 0) is 14.2 Å². The summed E-state index contributed by atoms with van der Waals surface area (Å²) in [7, 11) is 1.53. The Morgan fingerprint density at radius 3 is 2.19 bits per heavy atom. The molecule has 0 aliphatic carbocycles. The Morgan fingerprint density at radius 2 is 1.50 bits per heavy atom. The molecule has 3 aliphatic heterocycles. The Labute approximate surface area is 240 Å². The first kappa shape index (κ1) is 30.4. The van der Waals surface area contributed by atoms with Crippen molar-refractivity contribution in [2.45, 2.75) is 80.9 Å². The zero-order chi connectivity index (χ0) is 30.3. The average Bonchev–Trinajstić information content (AvgIpc) is 2.97. The summed E-state index contributed by atoms with van der Waals surface area (Å²) in [5.74, 6) is -0.190. The number of rotatable bonds is 7. The number of Topliss-reactive ketones (excluding diaryl/α,β-unsaturated/α-hetero) is 1. The van der Waals surface area contributed by atoms with E-state index < -0.39 is 79.9 Å². The predicted molar refractivity (Wildman–Crippen MR) is 139 cm³/mol. The van der Waals surface area contributed by atoms with Crippen molar-refractivity contribution in [2.24, 2.45) is 0 Å². The van der Waals surface area contributed by atoms with E-state index in [1.807, 2.05) is 0 Å². The maximum atomic E-state index is 12.9. The molecule has 0 unspecified atom stereocenters. The van der Waals surface area contributed by atoms with Crippen molar-refractivity contribution in [3.63, 3.8) is 0 Å². The number of phenolic OH excluding ortho intramolecular Hbond substituents is 1. The van der Waals surface area contributed by atoms with Crippen LogP contribution in [0.1, 0.15) is 35.4 Å². The number of carbonyl (C=O) groups excluding carboxylic acids is 1. The lowest BCUT2D eigenvalue weighted by Crippen LogP contribution is -2.61. The number of ketones is 1. The third-order valence-corrected chi connectivity index (χ3v) is 7.62. The van der Waals surface area contributed by atoms with Gasteiger partial charge in [0.1, 0.15) is 77.4 Å². The predicted octanol–water partition coefficient (Wildman–Crippen LogP) is -0.862. The van der Waals surface area contributed by atoms with Gasteiger partial charge in [-0.3, -0.25) is 4.79 Å². The molecule has 0 aromatic heterocycles. The Bertz CT molecular complexity index is 1250. The van der Waals surface area contributed by atoms with E-state index in [-0.39, 0.29) is 29.3 Å². The van der Waals surface area contributed by atoms with Gasteiger partial charge in [0.15, 0.2) is 12.1 Å². The fraction of sp³-hybridized carbons (Fsp3) is 0.536. The number of benzene rings is 2. The summed E-state index contributed by atoms with van der Waals surface area (Å²) in [6.07, 6.45) is -15.4. The normalized spacial score (nSPS) is 36.6. The molecular weight excluding hydrogens is 560 g/mol. The first-order valence-corrected chi connectivity index (χ1v) is 13.4. The molecule has 14 nitrogen and oxygen atoms in total. The Balaban J connectivity index is 1.29. The number of ether oxygens (including phenoxy) is 6. The quantitative estimate of drug-likeness (QED) is 0.208. The summed E-state index contributed by atoms with van der Waals surface area (Å²) in [4.78, 5) is 12.9. The van der Waals surface area contributed by atoms with Crippen LogP contribution >= 0.6 is 0 Å². The molecule has 14 heteroatoms. The van der Waals surface area contributed by atoms with Crippen LogP contribution in [0.3, 0.4) is 0 Å². The van der Waals surface area contributed by atoms with Gasteiger partial charge in [-0.2, -0.15) is 0 Å². The van der Waals surface area contributed by atoms with Gasteiger partial charge in [-0.1, -0.05) is 12.1 Å². The van der Waals surface area contributed by atoms with Crippen molar-refractivity contribution in [1.29, 1.82) is 0 Å². The monoisotopic (exact) mass is 594 g/mol. The van der Waals surface area contributed by atoms with Crippen molar-refractivity contribution >= 4 is 5.78 Å². The van der Waals surface area contributed by atoms with E-state index in [9.17, 15) is 40.5 Å². The lowest BCUT2D eigenvalue weighted by Gasteiger charge is -2.42. The molecular formula is C28H34O14. The van der Waals surface area contributed by atoms with Gasteiger partial charge in [-0.05, 0) is 24.6 Å². The van der Waals surface area contributed by atoms with Gasteiger partial charge in [0.25, 0.3) is 0 Å². The molecule has 0 radical (unpaired) electrons. The second-order valence-electron chi connectivity index (χ2n) is 10.5. The number of aliphatic hydroxyl groups is 6. The summed E-state index contributed by atoms with van der Waals surface area (Å²) in [5.41, 5.74) is 0.668. The largest absolute Gasteiger partial charge is 0.507 e. The number of fused-ring (bicyclic) bond motifs is 1. The molecule has 0 bridgehead atoms. The maximum Gasteiger partial charge on any atom is 0.229 e. The number of methoxy groups -OCH3 is 1. The molecule has 0 amide bonds. The van der Waals surface area contributed by atoms with Crippen molar-refractivity contribution < 1.29 is 69.0 Å². The Morgan fingerprint density at radius 1 is 0.833 bits per heavy atom. The fourth-order valence-electron chi connectivity index (χ4n) is 5.11. The lowest BCUT2D eigenvalue weighted by molar-refractivity contribution is -0.318. The molecule has 0 saturated carbocycles. The highest BCUT2D eigenvalue weighted by molar-refractivity contribution is 6.02. The smallest absolute Gasteiger partial charge is 0.229 e. The van der Waals surface area contributed by atoms with Crippen LogP contribution in [-0.4, -0.2) is 117 Å². The number of hydrogen-bond donors (Lipinski definition) is 7. The van der Waals surface area contributed by atoms with Crippen LogP contribution in [0.5, 0.6) is 23.0 Å². The Kier molecular flexibility index (Phi) is 8.89. The zero-order valence-corrected chi connectivity index (χ0v) is 22.7. The van der Waals surface area contributed by atoms with Gasteiger partial charge in [0.2, 0.25) is 6.29 Å². The topological polar surface area (TPSA) is 214 Å². The van der Waals surface area contributed by atoms with Gasteiger partial charge in [0, 0.05) is 12.1 Å². The van der Waals surface area contributed by atoms with E-state index in [0.717, 1.165) is 6.07 Å². The molecule has 2 aromatic carbocycles. The van der Waals surface area contributed by atoms with E-state index in [4.69, 9.17) is 28.4 Å². The average molecular weight is 595 g/mol. The minimum Gasteiger partial charge on any atom is -0.507 e. The highest BCUT2D eigenvalue weighted by atomic mass is 16.7. The van der Waals surface area contributed by atoms with Crippen LogP contribution in [0, 0.1) is 0 Å². The molecule has 2 saturated heterocycles. The zero-order valence-electron chi connectivity index (χ0n) is 22.7. The third kappa shape index (κ3) is 5.90. The van der Waals surface area contributed by atoms with E-state index in [1.165, 1.54) is 20.1 Å². The van der Waals surface area contributed by atoms with Gasteiger partial charge in [-0.15, -0.1) is 0 Å². The number of carbonyl (C=O) groups is 1. The van der Waals surface area contributed by atoms with Gasteiger partial charge < -0.3 is 64.2 Å². The molecule has 230 valence electrons. The van der Waals surface area contributed by atoms with E-state index in [2.05, 4.69) is 0 Å². The molecule has 5 rings (SSSR count). The molecule has 3 aliphatic rings. The summed E-state index contributed by atoms with van der Waals surface area (Å²) in [6, 6.07) is 9.43. The molecule has 3 heterocycles. The maximum absolute atomic E-state index is 12.9. The van der Waals surface area contributed by atoms with Crippen LogP contribution in [0.15, 0.2) is 36.4 Å². The van der Waals surface area contributed by atoms with Crippen LogP contribution in [0.25, 0.3) is 0 Å². The second kappa shape index (κ2) is 12.3. The SMILES string of the molecule is COc1ccc([C@@H]2CC(=O)c3c(O)cc(O[C@H]4O[C@@H](CO[C@@H]5O[C@@H](C)[C@H](O)[C@H](O)[C@H]5O)[C@H](O)[C@H](O)[C@@H]4O)cc3O2)cc1. The summed E-state index contributed by atoms with van der Waals surface area (Å²) in [6.45, 7) is 0.995. The summed E-state index contributed by atoms with van der Waals surface area (Å²) < 4.78 is 33.4. The number of hydrogen-bond acceptors (Lipinski definition) is 14. The number of aliphatic hydroxyl groups excluding tert-OH is 6. The van der Waals surface area contributed by atoms with E-state index in [1.54, 1.807) is 24.3 Å². The molecule has 11 atom stereocenters. The molecule has 42 heavy (non-hydrogen) atoms. The van der Waals surface area contributed by atoms with Crippen molar-refractivity contribution in [2.75, 3.05) is 13.7 Å². The van der Waals surface area contributed by atoms with Crippen LogP contribution < -0.4 is 14.2 Å². The highest BCUT2D eigenvalue weighted by Crippen LogP contribution is 2.42. The number of phenols is 1. The minimum absolute atomic E-state index is 0.0164. The lowest BCUT2D eigenvalue weighted by atomic mass is 9.95. The first-order chi connectivity index (χ1) is 20.0. The number of aromatic hydroxyl groups is 1. The van der Waals surface area contributed by atoms with Gasteiger partial charge in [-0.25, -0.2) is 0 Å². The van der Waals surface area contributed by atoms with Crippen LogP contribution in [0.2, 0.25) is 0 Å². The molecule has 2 fully saturated rings. The van der Waals surface area contributed by atoms with Gasteiger partial charge in [0.05, 0.1) is 26.2 Å². The first-order valence-electron chi connectivity index (χ1n) is 13.4. The fourth-order valence-corrected chi connectivity index (χ4v) is 5.11. The summed E-state index contributed by atoms with van der Waals surface area (Å²) in [5, 5.41) is 72.1. The van der Waals surface area contributed by atoms with E-state index >= 15 is 0 Å². The molecule has 0 spiro atoms.